The van der Waals surface area contributed by atoms with Gasteiger partial charge in [-0.05, 0) is 274 Å². The van der Waals surface area contributed by atoms with Gasteiger partial charge in [-0.3, -0.25) is 0 Å². The molecule has 4 aliphatic rings. The Bertz CT molecular complexity index is 7910. The van der Waals surface area contributed by atoms with Gasteiger partial charge in [-0.1, -0.05) is 281 Å². The van der Waals surface area contributed by atoms with E-state index >= 15 is 0 Å². The second-order valence-electron chi connectivity index (χ2n) is 33.5. The van der Waals surface area contributed by atoms with Crippen LogP contribution in [0.4, 0.5) is 68.2 Å². The maximum absolute atomic E-state index is 2.58. The maximum atomic E-state index is 2.58. The van der Waals surface area contributed by atoms with Crippen LogP contribution in [0.15, 0.2) is 413 Å². The molecule has 2 aliphatic carbocycles. The van der Waals surface area contributed by atoms with Crippen molar-refractivity contribution >= 4 is 143 Å². The van der Waals surface area contributed by atoms with Crippen LogP contribution in [0.2, 0.25) is 0 Å². The van der Waals surface area contributed by atoms with Crippen molar-refractivity contribution in [2.45, 2.75) is 25.7 Å². The minimum atomic E-state index is -0.340. The SMILES string of the molecule is CC1(C)c2cc(N(c3cccc(-c4ccccc4)c3)c3ccc4c(c3)-c3ccccc3C4)ccc2-c2ccc(N3c4c(ccc5ccccc45)-c4cc(-c5ccc6sc7ccc(-c8ccc(N(c9ccccc9)c9cccc(-c%10ccc(N%11c%12c(ccc%13ccccc%12%13)-c%12cccc%13cccc%11c%12%13)cc%10)c9)cc8)cc7c6c5)cc5cccc3c45)cc21. The summed E-state index contributed by atoms with van der Waals surface area (Å²) in [6, 6.07) is 155. The molecule has 0 radical (unpaired) electrons. The summed E-state index contributed by atoms with van der Waals surface area (Å²) in [6.45, 7) is 4.86. The van der Waals surface area contributed by atoms with Crippen LogP contribution >= 0.6 is 11.3 Å². The molecular formula is C116H76N4S. The second-order valence-corrected chi connectivity index (χ2v) is 34.6. The summed E-state index contributed by atoms with van der Waals surface area (Å²) in [4.78, 5) is 9.91. The Kier molecular flexibility index (Phi) is 15.4. The van der Waals surface area contributed by atoms with E-state index in [-0.39, 0.29) is 5.41 Å². The van der Waals surface area contributed by atoms with Crippen molar-refractivity contribution in [3.05, 3.63) is 435 Å². The predicted molar refractivity (Wildman–Crippen MR) is 514 cm³/mol. The Balaban J connectivity index is 0.534. The second kappa shape index (κ2) is 27.0. The van der Waals surface area contributed by atoms with Gasteiger partial charge in [-0.15, -0.1) is 11.3 Å². The first-order valence-corrected chi connectivity index (χ1v) is 42.9. The first-order chi connectivity index (χ1) is 59.7. The van der Waals surface area contributed by atoms with E-state index < -0.39 is 0 Å². The third kappa shape index (κ3) is 10.9. The Morgan fingerprint density at radius 3 is 1.37 bits per heavy atom. The number of hydrogen-bond donors (Lipinski definition) is 0. The van der Waals surface area contributed by atoms with Gasteiger partial charge in [-0.25, -0.2) is 0 Å². The van der Waals surface area contributed by atoms with E-state index in [0.717, 1.165) is 63.0 Å². The summed E-state index contributed by atoms with van der Waals surface area (Å²) in [7, 11) is 0. The molecule has 21 aromatic rings. The molecule has 0 unspecified atom stereocenters. The third-order valence-electron chi connectivity index (χ3n) is 26.4. The molecule has 20 aromatic carbocycles. The van der Waals surface area contributed by atoms with E-state index in [2.05, 4.69) is 446 Å². The summed E-state index contributed by atoms with van der Waals surface area (Å²) in [5, 5.41) is 12.4. The number of para-hydroxylation sites is 1. The molecule has 121 heavy (non-hydrogen) atoms. The number of rotatable bonds is 12. The van der Waals surface area contributed by atoms with Crippen LogP contribution in [0, 0.1) is 0 Å². The highest BCUT2D eigenvalue weighted by Crippen LogP contribution is 2.60. The number of anilines is 12. The quantitative estimate of drug-likeness (QED) is 0.121. The zero-order valence-corrected chi connectivity index (χ0v) is 67.5. The summed E-state index contributed by atoms with van der Waals surface area (Å²) in [6.07, 6.45) is 0.954. The average molecular weight is 1560 g/mol. The first-order valence-electron chi connectivity index (χ1n) is 42.0. The molecule has 1 aromatic heterocycles. The monoisotopic (exact) mass is 1560 g/mol. The van der Waals surface area contributed by atoms with Gasteiger partial charge in [0.25, 0.3) is 0 Å². The van der Waals surface area contributed by atoms with Crippen molar-refractivity contribution in [3.63, 3.8) is 0 Å². The van der Waals surface area contributed by atoms with Gasteiger partial charge in [-0.2, -0.15) is 0 Å². The van der Waals surface area contributed by atoms with Crippen LogP contribution in [0.5, 0.6) is 0 Å². The molecule has 0 amide bonds. The number of benzene rings is 20. The smallest absolute Gasteiger partial charge is 0.0618 e. The van der Waals surface area contributed by atoms with Crippen molar-refractivity contribution in [2.24, 2.45) is 0 Å². The van der Waals surface area contributed by atoms with E-state index in [9.17, 15) is 0 Å². The lowest BCUT2D eigenvalue weighted by Crippen LogP contribution is -2.19. The molecule has 566 valence electrons. The van der Waals surface area contributed by atoms with Gasteiger partial charge in [0.2, 0.25) is 0 Å². The number of hydrogen-bond acceptors (Lipinski definition) is 5. The van der Waals surface area contributed by atoms with Gasteiger partial charge in [0.05, 0.1) is 22.7 Å². The molecule has 0 bridgehead atoms. The van der Waals surface area contributed by atoms with Crippen LogP contribution in [0.25, 0.3) is 152 Å². The lowest BCUT2D eigenvalue weighted by molar-refractivity contribution is 0.660. The molecule has 0 atom stereocenters. The van der Waals surface area contributed by atoms with Crippen LogP contribution in [0.1, 0.15) is 36.1 Å². The van der Waals surface area contributed by atoms with Crippen molar-refractivity contribution < 1.29 is 0 Å². The van der Waals surface area contributed by atoms with E-state index in [1.165, 1.54) is 186 Å². The maximum Gasteiger partial charge on any atom is 0.0618 e. The van der Waals surface area contributed by atoms with Crippen molar-refractivity contribution in [2.75, 3.05) is 19.6 Å². The van der Waals surface area contributed by atoms with Gasteiger partial charge in [0, 0.05) is 104 Å². The number of nitrogens with zero attached hydrogens (tertiary/aromatic N) is 4. The van der Waals surface area contributed by atoms with E-state index in [1.807, 2.05) is 11.3 Å². The van der Waals surface area contributed by atoms with Gasteiger partial charge >= 0.3 is 0 Å². The number of thiophene rings is 1. The Labute approximate surface area is 706 Å². The zero-order chi connectivity index (χ0) is 79.7. The molecule has 5 heteroatoms. The van der Waals surface area contributed by atoms with Crippen molar-refractivity contribution in [1.29, 1.82) is 0 Å². The molecule has 0 fully saturated rings. The topological polar surface area (TPSA) is 13.0 Å². The normalized spacial score (nSPS) is 13.0. The lowest BCUT2D eigenvalue weighted by atomic mass is 9.81. The molecule has 0 saturated heterocycles. The number of fused-ring (bicyclic) bond motifs is 17. The molecular weight excluding hydrogens is 1480 g/mol. The Morgan fingerprint density at radius 2 is 0.678 bits per heavy atom. The van der Waals surface area contributed by atoms with Gasteiger partial charge in [0.1, 0.15) is 0 Å². The molecule has 3 heterocycles. The Hall–Kier alpha value is -15.1. The minimum Gasteiger partial charge on any atom is -0.310 e. The van der Waals surface area contributed by atoms with Gasteiger partial charge < -0.3 is 19.6 Å². The van der Waals surface area contributed by atoms with E-state index in [4.69, 9.17) is 0 Å². The highest BCUT2D eigenvalue weighted by molar-refractivity contribution is 7.25. The average Bonchev–Trinajstić information content (AvgIpc) is 1.69. The molecule has 2 aliphatic heterocycles. The van der Waals surface area contributed by atoms with Crippen molar-refractivity contribution in [3.8, 4) is 89.0 Å². The molecule has 0 saturated carbocycles. The van der Waals surface area contributed by atoms with Crippen molar-refractivity contribution in [1.82, 2.24) is 0 Å². The lowest BCUT2D eigenvalue weighted by Gasteiger charge is -2.35. The first kappa shape index (κ1) is 69.0. The highest BCUT2D eigenvalue weighted by Gasteiger charge is 2.39. The van der Waals surface area contributed by atoms with Crippen LogP contribution < -0.4 is 19.6 Å². The fourth-order valence-corrected chi connectivity index (χ4v) is 21.7. The fourth-order valence-electron chi connectivity index (χ4n) is 20.6. The van der Waals surface area contributed by atoms with E-state index in [1.54, 1.807) is 0 Å². The van der Waals surface area contributed by atoms with Gasteiger partial charge in [0.15, 0.2) is 0 Å². The summed E-state index contributed by atoms with van der Waals surface area (Å²) in [5.41, 5.74) is 38.5. The third-order valence-corrected chi connectivity index (χ3v) is 27.6. The molecule has 0 N–H and O–H groups in total. The molecule has 0 spiro atoms. The summed E-state index contributed by atoms with van der Waals surface area (Å²) < 4.78 is 2.55. The zero-order valence-electron chi connectivity index (χ0n) is 66.7. The largest absolute Gasteiger partial charge is 0.310 e. The van der Waals surface area contributed by atoms with E-state index in [0.29, 0.717) is 0 Å². The Morgan fingerprint density at radius 1 is 0.240 bits per heavy atom. The summed E-state index contributed by atoms with van der Waals surface area (Å²) >= 11 is 1.87. The molecule has 4 nitrogen and oxygen atoms in total. The fraction of sp³-hybridized carbons (Fsp3) is 0.0345. The van der Waals surface area contributed by atoms with Crippen LogP contribution in [0.3, 0.4) is 0 Å². The minimum absolute atomic E-state index is 0.340. The van der Waals surface area contributed by atoms with Crippen LogP contribution in [-0.4, -0.2) is 0 Å². The molecule has 25 rings (SSSR count). The summed E-state index contributed by atoms with van der Waals surface area (Å²) in [5.74, 6) is 0. The predicted octanol–water partition coefficient (Wildman–Crippen LogP) is 33.1. The van der Waals surface area contributed by atoms with Crippen LogP contribution in [-0.2, 0) is 11.8 Å². The highest BCUT2D eigenvalue weighted by atomic mass is 32.1. The standard InChI is InChI=1S/C116H76N4S/c1-116(2)106-70-92(118(90-33-15-27-78(64-90)72-20-5-3-6-21-72)91-53-44-83-62-82-24-11-12-34-94(82)102(83)69-91)54-58-97(106)98-59-55-93(71-107(98)116)120-109-39-19-29-84-63-85(68-105(113(84)109)101-57-46-76-23-10-14-36-96(76)115(101)120)81-48-61-111-104(67-81)103-66-80(47-60-110(103)121-111)74-40-49-87(50-41-74)117(86-30-7-4-8-31-86)89-32-16-28-79(65-89)73-42-51-88(52-43-73)119-108-38-18-26-77-25-17-37-99(112(77)108)100-56-45-75-22-9-13-35-95(75)114(100)119/h3-61,63-71H,62H2,1-2H3.